The average Bonchev–Trinajstić information content (AvgIpc) is 2.01. The van der Waals surface area contributed by atoms with Crippen LogP contribution in [0.15, 0.2) is 0 Å². The Kier molecular flexibility index (Phi) is 2.81. The predicted molar refractivity (Wildman–Crippen MR) is 47.8 cm³/mol. The molecule has 4 heteroatoms. The molecule has 0 bridgehead atoms. The Morgan fingerprint density at radius 2 is 2.17 bits per heavy atom. The fourth-order valence-electron chi connectivity index (χ4n) is 1.34. The number of rotatable bonds is 3. The van der Waals surface area contributed by atoms with Crippen LogP contribution in [0.5, 0.6) is 0 Å². The van der Waals surface area contributed by atoms with Crippen LogP contribution >= 0.6 is 0 Å². The summed E-state index contributed by atoms with van der Waals surface area (Å²) in [5, 5.41) is 14.6. The van der Waals surface area contributed by atoms with E-state index in [4.69, 9.17) is 15.6 Å². The van der Waals surface area contributed by atoms with Crippen molar-refractivity contribution in [3.8, 4) is 0 Å². The Morgan fingerprint density at radius 1 is 1.58 bits per heavy atom. The number of amidine groups is 1. The summed E-state index contributed by atoms with van der Waals surface area (Å²) in [5.74, 6) is 0.819. The highest BCUT2D eigenvalue weighted by Gasteiger charge is 2.33. The van der Waals surface area contributed by atoms with Gasteiger partial charge in [-0.05, 0) is 12.8 Å². The van der Waals surface area contributed by atoms with E-state index in [2.05, 4.69) is 0 Å². The molecule has 0 aromatic heterocycles. The molecule has 0 saturated heterocycles. The van der Waals surface area contributed by atoms with Crippen LogP contribution in [-0.2, 0) is 4.74 Å². The van der Waals surface area contributed by atoms with Gasteiger partial charge in [0, 0.05) is 20.1 Å². The summed E-state index contributed by atoms with van der Waals surface area (Å²) < 4.78 is 5.11. The van der Waals surface area contributed by atoms with Crippen LogP contribution in [0, 0.1) is 16.7 Å². The number of methoxy groups -OCH3 is 1. The number of hydrogen-bond acceptors (Lipinski definition) is 3. The van der Waals surface area contributed by atoms with Crippen molar-refractivity contribution in [2.75, 3.05) is 14.2 Å². The largest absolute Gasteiger partial charge is 0.381 e. The second-order valence-electron chi connectivity index (χ2n) is 3.15. The molecule has 1 saturated carbocycles. The molecule has 12 heavy (non-hydrogen) atoms. The quantitative estimate of drug-likeness (QED) is 0.487. The molecule has 0 spiro atoms. The van der Waals surface area contributed by atoms with Gasteiger partial charge in [0.1, 0.15) is 5.84 Å². The molecule has 1 rings (SSSR count). The first-order chi connectivity index (χ1) is 5.69. The Balaban J connectivity index is 2.32. The molecule has 1 aliphatic rings. The van der Waals surface area contributed by atoms with Crippen molar-refractivity contribution >= 4 is 12.2 Å². The van der Waals surface area contributed by atoms with Crippen LogP contribution in [0.4, 0.5) is 0 Å². The van der Waals surface area contributed by atoms with Crippen molar-refractivity contribution < 1.29 is 4.74 Å². The average molecular weight is 169 g/mol. The third-order valence-electron chi connectivity index (χ3n) is 2.39. The van der Waals surface area contributed by atoms with Crippen LogP contribution in [0.1, 0.15) is 12.8 Å². The van der Waals surface area contributed by atoms with Crippen molar-refractivity contribution in [3.63, 3.8) is 0 Å². The Hall–Kier alpha value is -0.900. The molecule has 0 heterocycles. The van der Waals surface area contributed by atoms with E-state index in [0.29, 0.717) is 17.9 Å². The minimum Gasteiger partial charge on any atom is -0.381 e. The molecule has 1 fully saturated rings. The predicted octanol–water partition coefficient (Wildman–Crippen LogP) is 0.928. The van der Waals surface area contributed by atoms with Crippen LogP contribution < -0.4 is 0 Å². The molecule has 0 unspecified atom stereocenters. The first-order valence-corrected chi connectivity index (χ1v) is 4.03. The normalized spacial score (nSPS) is 27.5. The molecule has 0 radical (unpaired) electrons. The highest BCUT2D eigenvalue weighted by Crippen LogP contribution is 2.30. The van der Waals surface area contributed by atoms with Gasteiger partial charge in [0.05, 0.1) is 12.4 Å². The Morgan fingerprint density at radius 3 is 2.58 bits per heavy atom. The van der Waals surface area contributed by atoms with Crippen molar-refractivity contribution in [1.82, 2.24) is 4.90 Å². The van der Waals surface area contributed by atoms with Crippen molar-refractivity contribution in [1.29, 1.82) is 10.8 Å². The van der Waals surface area contributed by atoms with E-state index < -0.39 is 0 Å². The van der Waals surface area contributed by atoms with E-state index in [-0.39, 0.29) is 0 Å². The van der Waals surface area contributed by atoms with Gasteiger partial charge in [0.2, 0.25) is 0 Å². The van der Waals surface area contributed by atoms with Crippen molar-refractivity contribution in [2.45, 2.75) is 18.9 Å². The minimum absolute atomic E-state index is 0.293. The lowest BCUT2D eigenvalue weighted by Crippen LogP contribution is -2.41. The summed E-state index contributed by atoms with van der Waals surface area (Å²) in [6.45, 7) is 0. The standard InChI is InChI=1S/C8H15N3O/c1-11(5-9)8(10)6-3-7(4-6)12-2/h5-7,9-10H,3-4H2,1-2H3. The van der Waals surface area contributed by atoms with Gasteiger partial charge in [-0.15, -0.1) is 0 Å². The monoisotopic (exact) mass is 169 g/mol. The van der Waals surface area contributed by atoms with Crippen molar-refractivity contribution in [2.24, 2.45) is 5.92 Å². The van der Waals surface area contributed by atoms with Crippen LogP contribution in [-0.4, -0.2) is 37.3 Å². The van der Waals surface area contributed by atoms with Crippen LogP contribution in [0.3, 0.4) is 0 Å². The molecule has 0 amide bonds. The van der Waals surface area contributed by atoms with Gasteiger partial charge in [-0.2, -0.15) is 0 Å². The lowest BCUT2D eigenvalue weighted by atomic mass is 9.81. The molecule has 0 aliphatic heterocycles. The molecule has 4 nitrogen and oxygen atoms in total. The summed E-state index contributed by atoms with van der Waals surface area (Å²) in [5.41, 5.74) is 0. The van der Waals surface area contributed by atoms with Gasteiger partial charge in [0.25, 0.3) is 0 Å². The number of nitrogens with one attached hydrogen (secondary N) is 2. The summed E-state index contributed by atoms with van der Waals surface area (Å²) in [6.07, 6.45) is 3.35. The Bertz CT molecular complexity index is 187. The zero-order chi connectivity index (χ0) is 9.14. The minimum atomic E-state index is 0.293. The molecule has 0 aromatic carbocycles. The SMILES string of the molecule is COC1CC(C(=N)N(C)C=N)C1. The zero-order valence-electron chi connectivity index (χ0n) is 7.50. The number of ether oxygens (including phenoxy) is 1. The van der Waals surface area contributed by atoms with Gasteiger partial charge in [-0.25, -0.2) is 0 Å². The second-order valence-corrected chi connectivity index (χ2v) is 3.15. The highest BCUT2D eigenvalue weighted by atomic mass is 16.5. The molecule has 68 valence electrons. The van der Waals surface area contributed by atoms with E-state index in [1.54, 1.807) is 14.2 Å². The third kappa shape index (κ3) is 1.64. The second kappa shape index (κ2) is 3.67. The first kappa shape index (κ1) is 9.19. The van der Waals surface area contributed by atoms with Crippen molar-refractivity contribution in [3.05, 3.63) is 0 Å². The lowest BCUT2D eigenvalue weighted by Gasteiger charge is -2.36. The molecule has 0 aromatic rings. The lowest BCUT2D eigenvalue weighted by molar-refractivity contribution is 0.0198. The molecule has 0 atom stereocenters. The van der Waals surface area contributed by atoms with Crippen LogP contribution in [0.2, 0.25) is 0 Å². The topological polar surface area (TPSA) is 60.2 Å². The molecular formula is C8H15N3O. The Labute approximate surface area is 72.5 Å². The number of nitrogens with zero attached hydrogens (tertiary/aromatic N) is 1. The van der Waals surface area contributed by atoms with E-state index >= 15 is 0 Å². The smallest absolute Gasteiger partial charge is 0.104 e. The maximum absolute atomic E-state index is 7.64. The fraction of sp³-hybridized carbons (Fsp3) is 0.750. The number of hydrogen-bond donors (Lipinski definition) is 2. The van der Waals surface area contributed by atoms with E-state index in [9.17, 15) is 0 Å². The van der Waals surface area contributed by atoms with Gasteiger partial charge in [-0.1, -0.05) is 0 Å². The zero-order valence-corrected chi connectivity index (χ0v) is 7.50. The summed E-state index contributed by atoms with van der Waals surface area (Å²) in [4.78, 5) is 1.54. The maximum Gasteiger partial charge on any atom is 0.104 e. The van der Waals surface area contributed by atoms with Gasteiger partial charge in [0.15, 0.2) is 0 Å². The van der Waals surface area contributed by atoms with E-state index in [1.165, 1.54) is 11.2 Å². The van der Waals surface area contributed by atoms with Gasteiger partial charge < -0.3 is 9.64 Å². The highest BCUT2D eigenvalue weighted by molar-refractivity contribution is 5.90. The molecule has 1 aliphatic carbocycles. The first-order valence-electron chi connectivity index (χ1n) is 4.03. The third-order valence-corrected chi connectivity index (χ3v) is 2.39. The van der Waals surface area contributed by atoms with Crippen LogP contribution in [0.25, 0.3) is 0 Å². The molecule has 2 N–H and O–H groups in total. The summed E-state index contributed by atoms with van der Waals surface area (Å²) in [6, 6.07) is 0. The maximum atomic E-state index is 7.64. The summed E-state index contributed by atoms with van der Waals surface area (Å²) in [7, 11) is 3.43. The fourth-order valence-corrected chi connectivity index (χ4v) is 1.34. The van der Waals surface area contributed by atoms with E-state index in [1.807, 2.05) is 0 Å². The molecular weight excluding hydrogens is 154 g/mol. The van der Waals surface area contributed by atoms with Gasteiger partial charge >= 0.3 is 0 Å². The van der Waals surface area contributed by atoms with E-state index in [0.717, 1.165) is 12.8 Å². The van der Waals surface area contributed by atoms with Gasteiger partial charge in [-0.3, -0.25) is 10.8 Å². The summed E-state index contributed by atoms with van der Waals surface area (Å²) >= 11 is 0.